The lowest BCUT2D eigenvalue weighted by molar-refractivity contribution is 0.331. The monoisotopic (exact) mass is 334 g/mol. The van der Waals surface area contributed by atoms with Crippen LogP contribution in [0.2, 0.25) is 0 Å². The van der Waals surface area contributed by atoms with E-state index in [1.165, 1.54) is 0 Å². The van der Waals surface area contributed by atoms with Gasteiger partial charge in [0, 0.05) is 30.4 Å². The van der Waals surface area contributed by atoms with E-state index < -0.39 is 0 Å². The standard InChI is InChI=1S/C18H18N6O/c1-3-16(18-21-13(2)22-25-18)23-12-10-19-17(23)14-5-7-15(8-6-14)24-11-4-9-20-24/h4-12,16H,3H2,1-2H3/t16-/m0/s1. The van der Waals surface area contributed by atoms with Crippen LogP contribution in [0.25, 0.3) is 17.1 Å². The fourth-order valence-corrected chi connectivity index (χ4v) is 2.91. The Labute approximate surface area is 144 Å². The van der Waals surface area contributed by atoms with Gasteiger partial charge in [0.25, 0.3) is 0 Å². The van der Waals surface area contributed by atoms with Crippen molar-refractivity contribution in [3.63, 3.8) is 0 Å². The zero-order valence-electron chi connectivity index (χ0n) is 14.1. The number of hydrogen-bond donors (Lipinski definition) is 0. The molecule has 1 aromatic carbocycles. The maximum atomic E-state index is 5.38. The Morgan fingerprint density at radius 2 is 1.96 bits per heavy atom. The Bertz CT molecular complexity index is 952. The van der Waals surface area contributed by atoms with Crippen LogP contribution in [0.5, 0.6) is 0 Å². The number of nitrogens with zero attached hydrogens (tertiary/aromatic N) is 6. The Balaban J connectivity index is 1.69. The third-order valence-corrected chi connectivity index (χ3v) is 4.11. The third-order valence-electron chi connectivity index (χ3n) is 4.11. The lowest BCUT2D eigenvalue weighted by atomic mass is 10.1. The molecule has 0 aliphatic carbocycles. The fraction of sp³-hybridized carbons (Fsp3) is 0.222. The van der Waals surface area contributed by atoms with Gasteiger partial charge >= 0.3 is 0 Å². The molecule has 0 N–H and O–H groups in total. The number of aryl methyl sites for hydroxylation is 1. The first-order valence-corrected chi connectivity index (χ1v) is 8.19. The van der Waals surface area contributed by atoms with E-state index in [0.29, 0.717) is 11.7 Å². The first-order chi connectivity index (χ1) is 12.3. The SMILES string of the molecule is CC[C@@H](c1nc(C)no1)n1ccnc1-c1ccc(-n2cccn2)cc1. The highest BCUT2D eigenvalue weighted by molar-refractivity contribution is 5.58. The van der Waals surface area contributed by atoms with E-state index in [1.54, 1.807) is 12.4 Å². The van der Waals surface area contributed by atoms with Gasteiger partial charge < -0.3 is 9.09 Å². The minimum Gasteiger partial charge on any atom is -0.337 e. The molecule has 7 nitrogen and oxygen atoms in total. The number of benzene rings is 1. The number of aromatic nitrogens is 6. The van der Waals surface area contributed by atoms with Crippen LogP contribution < -0.4 is 0 Å². The van der Waals surface area contributed by atoms with Gasteiger partial charge in [-0.1, -0.05) is 12.1 Å². The molecule has 0 saturated carbocycles. The summed E-state index contributed by atoms with van der Waals surface area (Å²) in [6, 6.07) is 10.0. The molecule has 25 heavy (non-hydrogen) atoms. The average molecular weight is 334 g/mol. The van der Waals surface area contributed by atoms with Gasteiger partial charge in [0.2, 0.25) is 5.89 Å². The summed E-state index contributed by atoms with van der Waals surface area (Å²) in [7, 11) is 0. The maximum Gasteiger partial charge on any atom is 0.249 e. The lowest BCUT2D eigenvalue weighted by Crippen LogP contribution is -2.11. The molecule has 0 saturated heterocycles. The maximum absolute atomic E-state index is 5.38. The van der Waals surface area contributed by atoms with Crippen molar-refractivity contribution in [3.05, 3.63) is 66.8 Å². The van der Waals surface area contributed by atoms with E-state index >= 15 is 0 Å². The van der Waals surface area contributed by atoms with Crippen molar-refractivity contribution < 1.29 is 4.52 Å². The molecule has 4 rings (SSSR count). The fourth-order valence-electron chi connectivity index (χ4n) is 2.91. The van der Waals surface area contributed by atoms with Crippen LogP contribution in [-0.4, -0.2) is 29.5 Å². The summed E-state index contributed by atoms with van der Waals surface area (Å²) in [4.78, 5) is 8.91. The predicted molar refractivity (Wildman–Crippen MR) is 92.3 cm³/mol. The van der Waals surface area contributed by atoms with Crippen molar-refractivity contribution in [1.82, 2.24) is 29.5 Å². The second-order valence-electron chi connectivity index (χ2n) is 5.76. The molecule has 4 aromatic rings. The summed E-state index contributed by atoms with van der Waals surface area (Å²) >= 11 is 0. The molecule has 0 aliphatic rings. The van der Waals surface area contributed by atoms with Crippen LogP contribution >= 0.6 is 0 Å². The van der Waals surface area contributed by atoms with E-state index in [0.717, 1.165) is 23.5 Å². The zero-order chi connectivity index (χ0) is 17.2. The van der Waals surface area contributed by atoms with Crippen LogP contribution in [0.4, 0.5) is 0 Å². The summed E-state index contributed by atoms with van der Waals surface area (Å²) in [5.74, 6) is 2.11. The van der Waals surface area contributed by atoms with E-state index in [4.69, 9.17) is 4.52 Å². The van der Waals surface area contributed by atoms with Crippen LogP contribution in [0.15, 0.2) is 59.6 Å². The van der Waals surface area contributed by atoms with Gasteiger partial charge in [-0.15, -0.1) is 0 Å². The molecule has 0 fully saturated rings. The number of rotatable bonds is 5. The summed E-state index contributed by atoms with van der Waals surface area (Å²) < 4.78 is 9.28. The quantitative estimate of drug-likeness (QED) is 0.559. The molecule has 7 heteroatoms. The van der Waals surface area contributed by atoms with Gasteiger partial charge in [0.05, 0.1) is 5.69 Å². The van der Waals surface area contributed by atoms with Crippen molar-refractivity contribution >= 4 is 0 Å². The van der Waals surface area contributed by atoms with E-state index in [9.17, 15) is 0 Å². The Morgan fingerprint density at radius 1 is 1.12 bits per heavy atom. The largest absolute Gasteiger partial charge is 0.337 e. The van der Waals surface area contributed by atoms with Gasteiger partial charge in [0.15, 0.2) is 5.82 Å². The van der Waals surface area contributed by atoms with Gasteiger partial charge in [0.1, 0.15) is 11.9 Å². The molecule has 3 heterocycles. The highest BCUT2D eigenvalue weighted by Crippen LogP contribution is 2.27. The molecule has 0 unspecified atom stereocenters. The highest BCUT2D eigenvalue weighted by atomic mass is 16.5. The van der Waals surface area contributed by atoms with E-state index in [2.05, 4.69) is 31.7 Å². The molecule has 0 amide bonds. The number of hydrogen-bond acceptors (Lipinski definition) is 5. The van der Waals surface area contributed by atoms with Gasteiger partial charge in [-0.2, -0.15) is 10.1 Å². The molecule has 0 radical (unpaired) electrons. The first-order valence-electron chi connectivity index (χ1n) is 8.19. The first kappa shape index (κ1) is 15.3. The van der Waals surface area contributed by atoms with Crippen LogP contribution in [0, 0.1) is 6.92 Å². The minimum atomic E-state index is -0.0375. The molecule has 126 valence electrons. The zero-order valence-corrected chi connectivity index (χ0v) is 14.1. The second kappa shape index (κ2) is 6.35. The molecule has 3 aromatic heterocycles. The second-order valence-corrected chi connectivity index (χ2v) is 5.76. The summed E-state index contributed by atoms with van der Waals surface area (Å²) in [5.41, 5.74) is 2.03. The minimum absolute atomic E-state index is 0.0375. The average Bonchev–Trinajstić information content (AvgIpc) is 3.38. The van der Waals surface area contributed by atoms with Crippen LogP contribution in [0.3, 0.4) is 0 Å². The third kappa shape index (κ3) is 2.84. The lowest BCUT2D eigenvalue weighted by Gasteiger charge is -2.15. The number of imidazole rings is 1. The van der Waals surface area contributed by atoms with Crippen molar-refractivity contribution in [3.8, 4) is 17.1 Å². The van der Waals surface area contributed by atoms with Gasteiger partial charge in [-0.3, -0.25) is 0 Å². The molecule has 1 atom stereocenters. The smallest absolute Gasteiger partial charge is 0.249 e. The Hall–Kier alpha value is -3.22. The molecular formula is C18H18N6O. The molecule has 0 spiro atoms. The van der Waals surface area contributed by atoms with Gasteiger partial charge in [-0.05, 0) is 43.7 Å². The van der Waals surface area contributed by atoms with Crippen molar-refractivity contribution in [2.45, 2.75) is 26.3 Å². The molecule has 0 bridgehead atoms. The Kier molecular flexibility index (Phi) is 3.89. The van der Waals surface area contributed by atoms with Crippen molar-refractivity contribution in [1.29, 1.82) is 0 Å². The summed E-state index contributed by atoms with van der Waals surface area (Å²) in [6.07, 6.45) is 8.25. The van der Waals surface area contributed by atoms with Crippen molar-refractivity contribution in [2.75, 3.05) is 0 Å². The Morgan fingerprint density at radius 3 is 2.60 bits per heavy atom. The van der Waals surface area contributed by atoms with E-state index in [-0.39, 0.29) is 6.04 Å². The van der Waals surface area contributed by atoms with Crippen LogP contribution in [0.1, 0.15) is 31.1 Å². The highest BCUT2D eigenvalue weighted by Gasteiger charge is 2.21. The molecular weight excluding hydrogens is 316 g/mol. The summed E-state index contributed by atoms with van der Waals surface area (Å²) in [6.45, 7) is 3.91. The normalized spacial score (nSPS) is 12.4. The van der Waals surface area contributed by atoms with E-state index in [1.807, 2.05) is 54.3 Å². The van der Waals surface area contributed by atoms with Crippen LogP contribution in [-0.2, 0) is 0 Å². The summed E-state index contributed by atoms with van der Waals surface area (Å²) in [5, 5.41) is 8.16. The van der Waals surface area contributed by atoms with Gasteiger partial charge in [-0.25, -0.2) is 9.67 Å². The topological polar surface area (TPSA) is 74.6 Å². The molecule has 0 aliphatic heterocycles. The predicted octanol–water partition coefficient (Wildman–Crippen LogP) is 3.43. The van der Waals surface area contributed by atoms with Crippen molar-refractivity contribution in [2.24, 2.45) is 0 Å².